The van der Waals surface area contributed by atoms with E-state index in [-0.39, 0.29) is 6.23 Å². The molecular weight excluding hydrogens is 254 g/mol. The quantitative estimate of drug-likeness (QED) is 0.931. The van der Waals surface area contributed by atoms with E-state index < -0.39 is 5.91 Å². The van der Waals surface area contributed by atoms with E-state index in [9.17, 15) is 4.79 Å². The lowest BCUT2D eigenvalue weighted by Crippen LogP contribution is -2.20. The molecule has 1 unspecified atom stereocenters. The standard InChI is InChI=1S/C15H17N3O2/c16-15(19)12-6-2-1-5-11(12)13-8-9-17-18(13)14-7-3-4-10-20-14/h1-2,5-6,8-9,14H,3-4,7,10H2,(H2,16,19). The fourth-order valence-corrected chi connectivity index (χ4v) is 2.59. The highest BCUT2D eigenvalue weighted by atomic mass is 16.5. The number of hydrogen-bond donors (Lipinski definition) is 1. The van der Waals surface area contributed by atoms with Crippen molar-refractivity contribution in [2.45, 2.75) is 25.5 Å². The molecule has 5 nitrogen and oxygen atoms in total. The van der Waals surface area contributed by atoms with E-state index in [0.717, 1.165) is 37.1 Å². The van der Waals surface area contributed by atoms with Crippen molar-refractivity contribution >= 4 is 5.91 Å². The van der Waals surface area contributed by atoms with Crippen LogP contribution in [0.1, 0.15) is 35.8 Å². The van der Waals surface area contributed by atoms with E-state index in [0.29, 0.717) is 5.56 Å². The van der Waals surface area contributed by atoms with Gasteiger partial charge in [-0.25, -0.2) is 4.68 Å². The Bertz CT molecular complexity index is 615. The number of rotatable bonds is 3. The van der Waals surface area contributed by atoms with E-state index >= 15 is 0 Å². The maximum atomic E-state index is 11.6. The van der Waals surface area contributed by atoms with Crippen LogP contribution in [0, 0.1) is 0 Å². The van der Waals surface area contributed by atoms with Crippen LogP contribution < -0.4 is 5.73 Å². The van der Waals surface area contributed by atoms with Gasteiger partial charge in [0.25, 0.3) is 0 Å². The molecule has 0 bridgehead atoms. The van der Waals surface area contributed by atoms with Crippen LogP contribution in [0.5, 0.6) is 0 Å². The predicted octanol–water partition coefficient (Wildman–Crippen LogP) is 2.35. The van der Waals surface area contributed by atoms with E-state index in [1.807, 2.05) is 22.9 Å². The number of ether oxygens (including phenoxy) is 1. The van der Waals surface area contributed by atoms with Gasteiger partial charge in [0.2, 0.25) is 5.91 Å². The van der Waals surface area contributed by atoms with Crippen LogP contribution in [0.2, 0.25) is 0 Å². The van der Waals surface area contributed by atoms with Crippen molar-refractivity contribution in [2.24, 2.45) is 5.73 Å². The molecular formula is C15H17N3O2. The molecule has 5 heteroatoms. The van der Waals surface area contributed by atoms with Gasteiger partial charge in [-0.15, -0.1) is 0 Å². The highest BCUT2D eigenvalue weighted by Gasteiger charge is 2.21. The van der Waals surface area contributed by atoms with Crippen molar-refractivity contribution in [1.29, 1.82) is 0 Å². The van der Waals surface area contributed by atoms with Crippen LogP contribution in [0.25, 0.3) is 11.3 Å². The van der Waals surface area contributed by atoms with Crippen molar-refractivity contribution in [3.8, 4) is 11.3 Å². The zero-order chi connectivity index (χ0) is 13.9. The third-order valence-corrected chi connectivity index (χ3v) is 3.57. The number of carbonyl (C=O) groups excluding carboxylic acids is 1. The summed E-state index contributed by atoms with van der Waals surface area (Å²) in [5.41, 5.74) is 7.62. The van der Waals surface area contributed by atoms with E-state index in [1.165, 1.54) is 0 Å². The summed E-state index contributed by atoms with van der Waals surface area (Å²) < 4.78 is 7.62. The summed E-state index contributed by atoms with van der Waals surface area (Å²) in [4.78, 5) is 11.6. The molecule has 1 aromatic heterocycles. The van der Waals surface area contributed by atoms with Crippen LogP contribution in [0.3, 0.4) is 0 Å². The minimum absolute atomic E-state index is 0.0605. The normalized spacial score (nSPS) is 18.9. The van der Waals surface area contributed by atoms with Crippen molar-refractivity contribution < 1.29 is 9.53 Å². The first-order chi connectivity index (χ1) is 9.77. The Kier molecular flexibility index (Phi) is 3.52. The zero-order valence-corrected chi connectivity index (χ0v) is 11.2. The number of carbonyl (C=O) groups is 1. The topological polar surface area (TPSA) is 70.1 Å². The molecule has 1 saturated heterocycles. The van der Waals surface area contributed by atoms with Crippen LogP contribution in [-0.2, 0) is 4.74 Å². The van der Waals surface area contributed by atoms with Crippen molar-refractivity contribution in [3.63, 3.8) is 0 Å². The molecule has 0 radical (unpaired) electrons. The monoisotopic (exact) mass is 271 g/mol. The lowest BCUT2D eigenvalue weighted by Gasteiger charge is -2.24. The maximum Gasteiger partial charge on any atom is 0.249 e. The van der Waals surface area contributed by atoms with E-state index in [1.54, 1.807) is 18.3 Å². The Morgan fingerprint density at radius 1 is 1.30 bits per heavy atom. The number of hydrogen-bond acceptors (Lipinski definition) is 3. The summed E-state index contributed by atoms with van der Waals surface area (Å²) in [7, 11) is 0. The summed E-state index contributed by atoms with van der Waals surface area (Å²) >= 11 is 0. The van der Waals surface area contributed by atoms with Gasteiger partial charge >= 0.3 is 0 Å². The number of benzene rings is 1. The zero-order valence-electron chi connectivity index (χ0n) is 11.2. The first kappa shape index (κ1) is 12.9. The predicted molar refractivity (Wildman–Crippen MR) is 75.0 cm³/mol. The van der Waals surface area contributed by atoms with Crippen LogP contribution in [0.4, 0.5) is 0 Å². The number of aromatic nitrogens is 2. The molecule has 1 aromatic carbocycles. The van der Waals surface area contributed by atoms with E-state index in [4.69, 9.17) is 10.5 Å². The van der Waals surface area contributed by atoms with Gasteiger partial charge in [0, 0.05) is 23.9 Å². The van der Waals surface area contributed by atoms with Gasteiger partial charge in [-0.1, -0.05) is 18.2 Å². The number of amides is 1. The van der Waals surface area contributed by atoms with Gasteiger partial charge < -0.3 is 10.5 Å². The Hall–Kier alpha value is -2.14. The van der Waals surface area contributed by atoms with Gasteiger partial charge in [-0.05, 0) is 31.4 Å². The molecule has 1 fully saturated rings. The molecule has 1 aliphatic rings. The Labute approximate surface area is 117 Å². The lowest BCUT2D eigenvalue weighted by atomic mass is 10.0. The highest BCUT2D eigenvalue weighted by molar-refractivity contribution is 5.99. The minimum atomic E-state index is -0.432. The maximum absolute atomic E-state index is 11.6. The summed E-state index contributed by atoms with van der Waals surface area (Å²) in [6.45, 7) is 0.751. The molecule has 2 aromatic rings. The molecule has 1 aliphatic heterocycles. The summed E-state index contributed by atoms with van der Waals surface area (Å²) in [5.74, 6) is -0.432. The molecule has 1 atom stereocenters. The fraction of sp³-hybridized carbons (Fsp3) is 0.333. The second kappa shape index (κ2) is 5.46. The minimum Gasteiger partial charge on any atom is -0.366 e. The smallest absolute Gasteiger partial charge is 0.249 e. The van der Waals surface area contributed by atoms with Gasteiger partial charge in [0.05, 0.1) is 5.69 Å². The number of nitrogens with zero attached hydrogens (tertiary/aromatic N) is 2. The van der Waals surface area contributed by atoms with Gasteiger partial charge in [0.1, 0.15) is 0 Å². The average molecular weight is 271 g/mol. The molecule has 0 aliphatic carbocycles. The van der Waals surface area contributed by atoms with Gasteiger partial charge in [-0.3, -0.25) is 4.79 Å². The third-order valence-electron chi connectivity index (χ3n) is 3.57. The number of nitrogens with two attached hydrogens (primary N) is 1. The second-order valence-electron chi connectivity index (χ2n) is 4.89. The molecule has 104 valence electrons. The first-order valence-electron chi connectivity index (χ1n) is 6.81. The molecule has 1 amide bonds. The Morgan fingerprint density at radius 2 is 2.15 bits per heavy atom. The van der Waals surface area contributed by atoms with Crippen molar-refractivity contribution in [2.75, 3.05) is 6.61 Å². The SMILES string of the molecule is NC(=O)c1ccccc1-c1ccnn1C1CCCCO1. The molecule has 3 rings (SSSR count). The highest BCUT2D eigenvalue weighted by Crippen LogP contribution is 2.29. The molecule has 2 N–H and O–H groups in total. The largest absolute Gasteiger partial charge is 0.366 e. The lowest BCUT2D eigenvalue weighted by molar-refractivity contribution is -0.0383. The second-order valence-corrected chi connectivity index (χ2v) is 4.89. The van der Waals surface area contributed by atoms with Gasteiger partial charge in [-0.2, -0.15) is 5.10 Å². The third kappa shape index (κ3) is 2.32. The Balaban J connectivity index is 2.03. The average Bonchev–Trinajstić information content (AvgIpc) is 2.97. The summed E-state index contributed by atoms with van der Waals surface area (Å²) in [6, 6.07) is 9.20. The fourth-order valence-electron chi connectivity index (χ4n) is 2.59. The molecule has 20 heavy (non-hydrogen) atoms. The molecule has 0 saturated carbocycles. The summed E-state index contributed by atoms with van der Waals surface area (Å²) in [6.07, 6.45) is 4.82. The first-order valence-corrected chi connectivity index (χ1v) is 6.81. The number of primary amides is 1. The summed E-state index contributed by atoms with van der Waals surface area (Å²) in [5, 5.41) is 4.36. The van der Waals surface area contributed by atoms with Crippen molar-refractivity contribution in [1.82, 2.24) is 9.78 Å². The molecule has 2 heterocycles. The van der Waals surface area contributed by atoms with Crippen LogP contribution in [-0.4, -0.2) is 22.3 Å². The van der Waals surface area contributed by atoms with Crippen molar-refractivity contribution in [3.05, 3.63) is 42.1 Å². The molecule has 0 spiro atoms. The van der Waals surface area contributed by atoms with E-state index in [2.05, 4.69) is 5.10 Å². The Morgan fingerprint density at radius 3 is 2.90 bits per heavy atom. The van der Waals surface area contributed by atoms with Crippen LogP contribution in [0.15, 0.2) is 36.5 Å². The van der Waals surface area contributed by atoms with Gasteiger partial charge in [0.15, 0.2) is 6.23 Å². The van der Waals surface area contributed by atoms with Crippen LogP contribution >= 0.6 is 0 Å².